The zero-order valence-corrected chi connectivity index (χ0v) is 18.7. The van der Waals surface area contributed by atoms with Crippen molar-refractivity contribution in [2.75, 3.05) is 30.9 Å². The SMILES string of the molecule is CN(C)c1ccc(C2CN(C(=O)Nc3ccc(Cl)cc3)N=C2c2ccc(Cl)cc2)cc1. The number of carbonyl (C=O) groups is 1. The lowest BCUT2D eigenvalue weighted by molar-refractivity contribution is 0.218. The van der Waals surface area contributed by atoms with Crippen molar-refractivity contribution in [2.24, 2.45) is 5.10 Å². The van der Waals surface area contributed by atoms with E-state index >= 15 is 0 Å². The molecular weight excluding hydrogens is 431 g/mol. The van der Waals surface area contributed by atoms with E-state index in [1.807, 2.05) is 38.4 Å². The molecular formula is C24H22Cl2N4O. The molecule has 0 fully saturated rings. The second-order valence-electron chi connectivity index (χ2n) is 7.55. The summed E-state index contributed by atoms with van der Waals surface area (Å²) in [6.45, 7) is 0.443. The third-order valence-electron chi connectivity index (χ3n) is 5.20. The standard InChI is InChI=1S/C24H22Cl2N4O/c1-29(2)21-13-5-16(6-14-21)22-15-30(24(31)27-20-11-9-19(26)10-12-20)28-23(22)17-3-7-18(25)8-4-17/h3-14,22H,15H2,1-2H3,(H,27,31). The maximum absolute atomic E-state index is 12.9. The number of urea groups is 1. The van der Waals surface area contributed by atoms with Crippen molar-refractivity contribution in [2.45, 2.75) is 5.92 Å². The van der Waals surface area contributed by atoms with Crippen LogP contribution in [-0.2, 0) is 0 Å². The van der Waals surface area contributed by atoms with Gasteiger partial charge in [0.15, 0.2) is 0 Å². The van der Waals surface area contributed by atoms with Gasteiger partial charge in [-0.1, -0.05) is 47.5 Å². The molecule has 158 valence electrons. The van der Waals surface area contributed by atoms with Gasteiger partial charge in [0.05, 0.1) is 12.3 Å². The molecule has 1 aliphatic heterocycles. The van der Waals surface area contributed by atoms with Crippen molar-refractivity contribution in [1.82, 2.24) is 5.01 Å². The molecule has 2 amide bonds. The number of amides is 2. The van der Waals surface area contributed by atoms with E-state index in [1.54, 1.807) is 24.3 Å². The van der Waals surface area contributed by atoms with E-state index in [0.29, 0.717) is 22.3 Å². The predicted octanol–water partition coefficient (Wildman–Crippen LogP) is 6.10. The van der Waals surface area contributed by atoms with Gasteiger partial charge in [0.2, 0.25) is 0 Å². The molecule has 1 N–H and O–H groups in total. The lowest BCUT2D eigenvalue weighted by Gasteiger charge is -2.18. The van der Waals surface area contributed by atoms with Crippen LogP contribution in [0.15, 0.2) is 77.9 Å². The monoisotopic (exact) mass is 452 g/mol. The number of carbonyl (C=O) groups excluding carboxylic acids is 1. The molecule has 0 aromatic heterocycles. The number of anilines is 2. The van der Waals surface area contributed by atoms with Crippen LogP contribution in [0, 0.1) is 0 Å². The summed E-state index contributed by atoms with van der Waals surface area (Å²) in [6, 6.07) is 22.6. The van der Waals surface area contributed by atoms with Crippen LogP contribution in [0.1, 0.15) is 17.0 Å². The average Bonchev–Trinajstić information content (AvgIpc) is 3.21. The number of nitrogens with zero attached hydrogens (tertiary/aromatic N) is 3. The van der Waals surface area contributed by atoms with Gasteiger partial charge in [-0.05, 0) is 59.7 Å². The van der Waals surface area contributed by atoms with Gasteiger partial charge in [0, 0.05) is 41.4 Å². The van der Waals surface area contributed by atoms with Gasteiger partial charge in [-0.3, -0.25) is 0 Å². The first-order chi connectivity index (χ1) is 14.9. The molecule has 0 bridgehead atoms. The van der Waals surface area contributed by atoms with Crippen LogP contribution in [0.4, 0.5) is 16.2 Å². The smallest absolute Gasteiger partial charge is 0.342 e. The molecule has 0 spiro atoms. The Hall–Kier alpha value is -3.02. The lowest BCUT2D eigenvalue weighted by Crippen LogP contribution is -2.30. The van der Waals surface area contributed by atoms with E-state index in [1.165, 1.54) is 5.01 Å². The minimum absolute atomic E-state index is 0.0478. The summed E-state index contributed by atoms with van der Waals surface area (Å²) in [4.78, 5) is 15.0. The predicted molar refractivity (Wildman–Crippen MR) is 129 cm³/mol. The van der Waals surface area contributed by atoms with Crippen LogP contribution in [0.2, 0.25) is 10.0 Å². The van der Waals surface area contributed by atoms with Gasteiger partial charge in [0.25, 0.3) is 0 Å². The fraction of sp³-hybridized carbons (Fsp3) is 0.167. The summed E-state index contributed by atoms with van der Waals surface area (Å²) >= 11 is 12.0. The summed E-state index contributed by atoms with van der Waals surface area (Å²) in [5.74, 6) is -0.0478. The van der Waals surface area contributed by atoms with Crippen molar-refractivity contribution in [3.8, 4) is 0 Å². The maximum atomic E-state index is 12.9. The summed E-state index contributed by atoms with van der Waals surface area (Å²) in [5.41, 5.74) is 4.65. The maximum Gasteiger partial charge on any atom is 0.342 e. The Morgan fingerprint density at radius 2 is 1.52 bits per heavy atom. The largest absolute Gasteiger partial charge is 0.378 e. The highest BCUT2D eigenvalue weighted by Crippen LogP contribution is 2.31. The summed E-state index contributed by atoms with van der Waals surface area (Å²) in [5, 5.41) is 10.3. The van der Waals surface area contributed by atoms with Crippen LogP contribution in [-0.4, -0.2) is 37.4 Å². The Labute approximate surface area is 191 Å². The molecule has 1 aliphatic rings. The summed E-state index contributed by atoms with van der Waals surface area (Å²) < 4.78 is 0. The van der Waals surface area contributed by atoms with E-state index in [2.05, 4.69) is 39.6 Å². The second kappa shape index (κ2) is 9.00. The number of hydrogen-bond donors (Lipinski definition) is 1. The van der Waals surface area contributed by atoms with Crippen LogP contribution < -0.4 is 10.2 Å². The number of halogens is 2. The average molecular weight is 453 g/mol. The van der Waals surface area contributed by atoms with Crippen molar-refractivity contribution in [3.63, 3.8) is 0 Å². The molecule has 31 heavy (non-hydrogen) atoms. The molecule has 1 atom stereocenters. The molecule has 3 aromatic rings. The highest BCUT2D eigenvalue weighted by Gasteiger charge is 2.32. The van der Waals surface area contributed by atoms with Crippen molar-refractivity contribution < 1.29 is 4.79 Å². The van der Waals surface area contributed by atoms with Crippen LogP contribution in [0.5, 0.6) is 0 Å². The molecule has 0 radical (unpaired) electrons. The Morgan fingerprint density at radius 3 is 2.10 bits per heavy atom. The van der Waals surface area contributed by atoms with E-state index < -0.39 is 0 Å². The van der Waals surface area contributed by atoms with E-state index in [0.717, 1.165) is 22.5 Å². The Balaban J connectivity index is 1.62. The van der Waals surface area contributed by atoms with Crippen molar-refractivity contribution in [3.05, 3.63) is 94.0 Å². The van der Waals surface area contributed by atoms with Crippen LogP contribution in [0.3, 0.4) is 0 Å². The Kier molecular flexibility index (Phi) is 6.16. The van der Waals surface area contributed by atoms with Gasteiger partial charge >= 0.3 is 6.03 Å². The minimum atomic E-state index is -0.291. The molecule has 7 heteroatoms. The highest BCUT2D eigenvalue weighted by molar-refractivity contribution is 6.31. The first-order valence-corrected chi connectivity index (χ1v) is 10.6. The van der Waals surface area contributed by atoms with Crippen LogP contribution in [0.25, 0.3) is 0 Å². The number of nitrogens with one attached hydrogen (secondary N) is 1. The number of rotatable bonds is 4. The first-order valence-electron chi connectivity index (χ1n) is 9.86. The van der Waals surface area contributed by atoms with Gasteiger partial charge in [-0.2, -0.15) is 5.10 Å². The number of hydrazone groups is 1. The molecule has 4 rings (SSSR count). The number of hydrogen-bond acceptors (Lipinski definition) is 3. The molecule has 3 aromatic carbocycles. The lowest BCUT2D eigenvalue weighted by atomic mass is 9.90. The molecule has 1 unspecified atom stereocenters. The molecule has 5 nitrogen and oxygen atoms in total. The van der Waals surface area contributed by atoms with Gasteiger partial charge in [-0.25, -0.2) is 9.80 Å². The molecule has 0 aliphatic carbocycles. The van der Waals surface area contributed by atoms with Gasteiger partial charge < -0.3 is 10.2 Å². The third-order valence-corrected chi connectivity index (χ3v) is 5.70. The van der Waals surface area contributed by atoms with E-state index in [-0.39, 0.29) is 11.9 Å². The van der Waals surface area contributed by atoms with Crippen molar-refractivity contribution in [1.29, 1.82) is 0 Å². The second-order valence-corrected chi connectivity index (χ2v) is 8.42. The highest BCUT2D eigenvalue weighted by atomic mass is 35.5. The molecule has 0 saturated carbocycles. The fourth-order valence-corrected chi connectivity index (χ4v) is 3.75. The van der Waals surface area contributed by atoms with Gasteiger partial charge in [0.1, 0.15) is 0 Å². The van der Waals surface area contributed by atoms with Gasteiger partial charge in [-0.15, -0.1) is 0 Å². The zero-order chi connectivity index (χ0) is 22.0. The minimum Gasteiger partial charge on any atom is -0.378 e. The van der Waals surface area contributed by atoms with Crippen molar-refractivity contribution >= 4 is 46.3 Å². The topological polar surface area (TPSA) is 47.9 Å². The normalized spacial score (nSPS) is 15.5. The Bertz CT molecular complexity index is 1090. The van der Waals surface area contributed by atoms with Crippen LogP contribution >= 0.6 is 23.2 Å². The first kappa shape index (κ1) is 21.2. The van der Waals surface area contributed by atoms with E-state index in [4.69, 9.17) is 23.2 Å². The fourth-order valence-electron chi connectivity index (χ4n) is 3.50. The number of benzene rings is 3. The zero-order valence-electron chi connectivity index (χ0n) is 17.2. The third kappa shape index (κ3) is 4.84. The summed E-state index contributed by atoms with van der Waals surface area (Å²) in [7, 11) is 4.02. The molecule has 1 heterocycles. The summed E-state index contributed by atoms with van der Waals surface area (Å²) in [6.07, 6.45) is 0. The Morgan fingerprint density at radius 1 is 0.935 bits per heavy atom. The molecule has 0 saturated heterocycles. The van der Waals surface area contributed by atoms with E-state index in [9.17, 15) is 4.79 Å². The quantitative estimate of drug-likeness (QED) is 0.519.